The van der Waals surface area contributed by atoms with Crippen LogP contribution in [0.4, 0.5) is 0 Å². The van der Waals surface area contributed by atoms with Crippen LogP contribution in [0.25, 0.3) is 0 Å². The van der Waals surface area contributed by atoms with Gasteiger partial charge in [-0.15, -0.1) is 24.0 Å². The molecule has 0 unspecified atom stereocenters. The minimum absolute atomic E-state index is 0. The number of hydrogen-bond donors (Lipinski definition) is 1. The van der Waals surface area contributed by atoms with Gasteiger partial charge in [-0.2, -0.15) is 5.10 Å². The maximum atomic E-state index is 4.41. The average molecular weight is 455 g/mol. The zero-order chi connectivity index (χ0) is 16.8. The third-order valence-corrected chi connectivity index (χ3v) is 4.34. The molecule has 8 heteroatoms. The summed E-state index contributed by atoms with van der Waals surface area (Å²) in [6.45, 7) is 5.68. The highest BCUT2D eigenvalue weighted by Gasteiger charge is 2.19. The fourth-order valence-electron chi connectivity index (χ4n) is 2.93. The van der Waals surface area contributed by atoms with Crippen molar-refractivity contribution in [2.24, 2.45) is 12.0 Å². The summed E-state index contributed by atoms with van der Waals surface area (Å²) in [5.74, 6) is 1.83. The molecule has 3 rings (SSSR count). The number of halogens is 1. The van der Waals surface area contributed by atoms with Gasteiger partial charge in [0.15, 0.2) is 5.96 Å². The molecule has 25 heavy (non-hydrogen) atoms. The van der Waals surface area contributed by atoms with E-state index in [-0.39, 0.29) is 24.0 Å². The summed E-state index contributed by atoms with van der Waals surface area (Å²) in [6, 6.07) is 10.6. The second-order valence-electron chi connectivity index (χ2n) is 5.95. The molecule has 1 aromatic carbocycles. The molecule has 0 bridgehead atoms. The Morgan fingerprint density at radius 2 is 1.88 bits per heavy atom. The molecule has 0 atom stereocenters. The molecule has 0 radical (unpaired) electrons. The predicted molar refractivity (Wildman–Crippen MR) is 110 cm³/mol. The molecule has 0 saturated carbocycles. The molecule has 0 spiro atoms. The Labute approximate surface area is 166 Å². The number of piperazine rings is 1. The van der Waals surface area contributed by atoms with Crippen molar-refractivity contribution in [1.29, 1.82) is 0 Å². The molecule has 1 aliphatic rings. The van der Waals surface area contributed by atoms with Crippen molar-refractivity contribution in [1.82, 2.24) is 29.9 Å². The van der Waals surface area contributed by atoms with Gasteiger partial charge in [0.05, 0.1) is 6.54 Å². The van der Waals surface area contributed by atoms with Crippen molar-refractivity contribution in [2.75, 3.05) is 33.2 Å². The lowest BCUT2D eigenvalue weighted by atomic mass is 10.2. The first-order valence-electron chi connectivity index (χ1n) is 8.31. The van der Waals surface area contributed by atoms with Gasteiger partial charge in [-0.3, -0.25) is 14.6 Å². The van der Waals surface area contributed by atoms with Crippen LogP contribution >= 0.6 is 24.0 Å². The lowest BCUT2D eigenvalue weighted by Gasteiger charge is -2.36. The Morgan fingerprint density at radius 1 is 1.16 bits per heavy atom. The first-order chi connectivity index (χ1) is 11.8. The van der Waals surface area contributed by atoms with Crippen LogP contribution < -0.4 is 5.32 Å². The zero-order valence-corrected chi connectivity index (χ0v) is 17.1. The van der Waals surface area contributed by atoms with Gasteiger partial charge in [-0.1, -0.05) is 30.3 Å². The van der Waals surface area contributed by atoms with Gasteiger partial charge in [0.2, 0.25) is 0 Å². The van der Waals surface area contributed by atoms with Gasteiger partial charge >= 0.3 is 0 Å². The highest BCUT2D eigenvalue weighted by Crippen LogP contribution is 2.08. The monoisotopic (exact) mass is 455 g/mol. The van der Waals surface area contributed by atoms with Gasteiger partial charge < -0.3 is 10.2 Å². The van der Waals surface area contributed by atoms with Crippen LogP contribution in [0.1, 0.15) is 11.4 Å². The molecule has 0 aliphatic carbocycles. The first kappa shape index (κ1) is 19.6. The third-order valence-electron chi connectivity index (χ3n) is 4.34. The van der Waals surface area contributed by atoms with E-state index >= 15 is 0 Å². The number of hydrogen-bond acceptors (Lipinski definition) is 4. The summed E-state index contributed by atoms with van der Waals surface area (Å²) in [6.07, 6.45) is 1.57. The van der Waals surface area contributed by atoms with Crippen LogP contribution in [0.5, 0.6) is 0 Å². The maximum absolute atomic E-state index is 4.41. The van der Waals surface area contributed by atoms with Gasteiger partial charge in [0.1, 0.15) is 12.2 Å². The molecule has 0 amide bonds. The van der Waals surface area contributed by atoms with Gasteiger partial charge in [0.25, 0.3) is 0 Å². The molecule has 1 saturated heterocycles. The second kappa shape index (κ2) is 9.71. The van der Waals surface area contributed by atoms with Crippen molar-refractivity contribution >= 4 is 29.9 Å². The van der Waals surface area contributed by atoms with Crippen LogP contribution in [0.15, 0.2) is 41.7 Å². The highest BCUT2D eigenvalue weighted by molar-refractivity contribution is 14.0. The zero-order valence-electron chi connectivity index (χ0n) is 14.8. The van der Waals surface area contributed by atoms with Crippen LogP contribution in [-0.4, -0.2) is 63.8 Å². The van der Waals surface area contributed by atoms with Gasteiger partial charge in [-0.05, 0) is 5.56 Å². The lowest BCUT2D eigenvalue weighted by molar-refractivity contribution is 0.172. The third kappa shape index (κ3) is 5.40. The number of aryl methyl sites for hydroxylation is 1. The Balaban J connectivity index is 0.00000225. The average Bonchev–Trinajstić information content (AvgIpc) is 3.03. The van der Waals surface area contributed by atoms with E-state index in [1.165, 1.54) is 5.56 Å². The van der Waals surface area contributed by atoms with Crippen LogP contribution in [-0.2, 0) is 20.1 Å². The van der Waals surface area contributed by atoms with Crippen LogP contribution in [0, 0.1) is 0 Å². The number of guanidine groups is 1. The quantitative estimate of drug-likeness (QED) is 0.428. The van der Waals surface area contributed by atoms with Crippen molar-refractivity contribution in [2.45, 2.75) is 13.1 Å². The van der Waals surface area contributed by atoms with E-state index in [1.807, 2.05) is 14.1 Å². The van der Waals surface area contributed by atoms with Crippen molar-refractivity contribution in [3.05, 3.63) is 48.0 Å². The molecule has 1 fully saturated rings. The minimum Gasteiger partial charge on any atom is -0.349 e. The number of aromatic nitrogens is 3. The van der Waals surface area contributed by atoms with E-state index in [4.69, 9.17) is 0 Å². The Morgan fingerprint density at radius 3 is 2.48 bits per heavy atom. The van der Waals surface area contributed by atoms with Gasteiger partial charge in [-0.25, -0.2) is 4.98 Å². The minimum atomic E-state index is 0. The highest BCUT2D eigenvalue weighted by atomic mass is 127. The number of nitrogens with zero attached hydrogens (tertiary/aromatic N) is 6. The van der Waals surface area contributed by atoms with Crippen LogP contribution in [0.2, 0.25) is 0 Å². The number of benzene rings is 1. The molecule has 1 N–H and O–H groups in total. The predicted octanol–water partition coefficient (Wildman–Crippen LogP) is 1.33. The van der Waals surface area contributed by atoms with Crippen LogP contribution in [0.3, 0.4) is 0 Å². The van der Waals surface area contributed by atoms with Gasteiger partial charge in [0, 0.05) is 46.8 Å². The molecule has 2 aromatic rings. The fourth-order valence-corrected chi connectivity index (χ4v) is 2.93. The Bertz CT molecular complexity index is 663. The standard InChI is InChI=1S/C17H25N7.HI/c1-18-17(19-12-16-20-14-21-22(16)2)24-10-8-23(9-11-24)13-15-6-4-3-5-7-15;/h3-7,14H,8-13H2,1-2H3,(H,18,19);1H. The van der Waals surface area contributed by atoms with Crippen molar-refractivity contribution in [3.8, 4) is 0 Å². The SMILES string of the molecule is CN=C(NCc1ncnn1C)N1CCN(Cc2ccccc2)CC1.I. The molecule has 1 aromatic heterocycles. The number of nitrogens with one attached hydrogen (secondary N) is 1. The van der Waals surface area contributed by atoms with E-state index in [0.717, 1.165) is 44.5 Å². The van der Waals surface area contributed by atoms with E-state index < -0.39 is 0 Å². The molecule has 7 nitrogen and oxygen atoms in total. The Kier molecular flexibility index (Phi) is 7.63. The largest absolute Gasteiger partial charge is 0.349 e. The summed E-state index contributed by atoms with van der Waals surface area (Å²) in [5, 5.41) is 7.47. The van der Waals surface area contributed by atoms with E-state index in [9.17, 15) is 0 Å². The maximum Gasteiger partial charge on any atom is 0.194 e. The normalized spacial score (nSPS) is 15.8. The second-order valence-corrected chi connectivity index (χ2v) is 5.95. The van der Waals surface area contributed by atoms with E-state index in [0.29, 0.717) is 6.54 Å². The van der Waals surface area contributed by atoms with Crippen molar-refractivity contribution < 1.29 is 0 Å². The Hall–Kier alpha value is -1.68. The molecular weight excluding hydrogens is 429 g/mol. The lowest BCUT2D eigenvalue weighted by Crippen LogP contribution is -2.52. The fraction of sp³-hybridized carbons (Fsp3) is 0.471. The number of aliphatic imine (C=N–C) groups is 1. The smallest absolute Gasteiger partial charge is 0.194 e. The van der Waals surface area contributed by atoms with E-state index in [1.54, 1.807) is 11.0 Å². The molecule has 136 valence electrons. The molecule has 1 aliphatic heterocycles. The summed E-state index contributed by atoms with van der Waals surface area (Å²) >= 11 is 0. The summed E-state index contributed by atoms with van der Waals surface area (Å²) in [4.78, 5) is 13.4. The van der Waals surface area contributed by atoms with E-state index in [2.05, 4.69) is 60.5 Å². The summed E-state index contributed by atoms with van der Waals surface area (Å²) < 4.78 is 1.78. The number of rotatable bonds is 4. The first-order valence-corrected chi connectivity index (χ1v) is 8.31. The topological polar surface area (TPSA) is 61.6 Å². The molecular formula is C17H26IN7. The summed E-state index contributed by atoms with van der Waals surface area (Å²) in [7, 11) is 3.73. The van der Waals surface area contributed by atoms with Crippen molar-refractivity contribution in [3.63, 3.8) is 0 Å². The molecule has 2 heterocycles. The summed E-state index contributed by atoms with van der Waals surface area (Å²) in [5.41, 5.74) is 1.37.